The number of sulfone groups is 1. The molecule has 0 aliphatic heterocycles. The van der Waals surface area contributed by atoms with Crippen LogP contribution in [0.5, 0.6) is 5.75 Å². The molecule has 6 nitrogen and oxygen atoms in total. The molecule has 0 spiro atoms. The van der Waals surface area contributed by atoms with E-state index in [0.717, 1.165) is 6.26 Å². The maximum Gasteiger partial charge on any atom is 0.175 e. The lowest BCUT2D eigenvalue weighted by Crippen LogP contribution is -2.15. The molecule has 0 saturated carbocycles. The highest BCUT2D eigenvalue weighted by Gasteiger charge is 2.18. The van der Waals surface area contributed by atoms with Crippen LogP contribution in [0.2, 0.25) is 0 Å². The zero-order chi connectivity index (χ0) is 19.0. The molecule has 1 unspecified atom stereocenters. The van der Waals surface area contributed by atoms with Crippen LogP contribution < -0.4 is 4.74 Å². The summed E-state index contributed by atoms with van der Waals surface area (Å²) in [5.41, 5.74) is 0.559. The van der Waals surface area contributed by atoms with Crippen molar-refractivity contribution in [1.82, 2.24) is 0 Å². The Balaban J connectivity index is 0.000000754. The molecule has 1 rings (SSSR count). The summed E-state index contributed by atoms with van der Waals surface area (Å²) in [5.74, 6) is 0.438. The van der Waals surface area contributed by atoms with Crippen LogP contribution in [0.25, 0.3) is 0 Å². The summed E-state index contributed by atoms with van der Waals surface area (Å²) >= 11 is 0. The minimum absolute atomic E-state index is 0.0417. The molecule has 1 atom stereocenters. The Morgan fingerprint density at radius 3 is 2.12 bits per heavy atom. The fraction of sp³-hybridized carbons (Fsp3) is 0.588. The smallest absolute Gasteiger partial charge is 0.175 e. The average molecular weight is 360 g/mol. The van der Waals surface area contributed by atoms with E-state index in [9.17, 15) is 13.2 Å². The minimum Gasteiger partial charge on any atom is -0.486 e. The molecule has 7 heteroatoms. The van der Waals surface area contributed by atoms with Crippen LogP contribution in [-0.4, -0.2) is 47.4 Å². The van der Waals surface area contributed by atoms with Crippen molar-refractivity contribution in [3.8, 4) is 5.75 Å². The minimum atomic E-state index is -3.33. The summed E-state index contributed by atoms with van der Waals surface area (Å²) in [6, 6.07) is 4.56. The van der Waals surface area contributed by atoms with E-state index in [4.69, 9.17) is 14.2 Å². The van der Waals surface area contributed by atoms with Crippen LogP contribution in [0.4, 0.5) is 0 Å². The average Bonchev–Trinajstić information content (AvgIpc) is 2.50. The Bertz CT molecular complexity index is 616. The van der Waals surface area contributed by atoms with E-state index in [1.165, 1.54) is 19.2 Å². The number of methoxy groups -OCH3 is 2. The fourth-order valence-corrected chi connectivity index (χ4v) is 2.50. The third-order valence-corrected chi connectivity index (χ3v) is 4.27. The normalized spacial score (nSPS) is 12.8. The highest BCUT2D eigenvalue weighted by molar-refractivity contribution is 7.90. The van der Waals surface area contributed by atoms with Crippen molar-refractivity contribution in [2.75, 3.05) is 27.1 Å². The molecule has 0 aliphatic carbocycles. The molecule has 0 amide bonds. The lowest BCUT2D eigenvalue weighted by molar-refractivity contribution is -0.109. The molecule has 0 aromatic heterocycles. The standard InChI is InChI=1S/C12H16O5S.C5H12O/c1-9(16-2)11-8-10(17-7-6-13)4-5-12(11)18(3,14)15;1-5(2,3)6-4/h4-6,8-9H,7H2,1-3H3;1-4H3. The predicted molar refractivity (Wildman–Crippen MR) is 93.3 cm³/mol. The number of rotatable bonds is 6. The van der Waals surface area contributed by atoms with Gasteiger partial charge in [0.2, 0.25) is 0 Å². The SMILES string of the molecule is COC(C)(C)C.COC(C)c1cc(OCC=O)ccc1S(C)(=O)=O. The van der Waals surface area contributed by atoms with E-state index in [2.05, 4.69) is 0 Å². The molecule has 0 fully saturated rings. The zero-order valence-corrected chi connectivity index (χ0v) is 16.3. The number of aldehydes is 1. The van der Waals surface area contributed by atoms with Gasteiger partial charge in [0.15, 0.2) is 16.1 Å². The molecule has 138 valence electrons. The first kappa shape index (κ1) is 22.6. The molecule has 0 saturated heterocycles. The predicted octanol–water partition coefficient (Wildman–Crippen LogP) is 2.81. The molecule has 0 heterocycles. The second-order valence-corrected chi connectivity index (χ2v) is 8.13. The van der Waals surface area contributed by atoms with Crippen molar-refractivity contribution in [3.05, 3.63) is 23.8 Å². The van der Waals surface area contributed by atoms with Crippen LogP contribution in [0.3, 0.4) is 0 Å². The van der Waals surface area contributed by atoms with Gasteiger partial charge in [-0.3, -0.25) is 4.79 Å². The Morgan fingerprint density at radius 2 is 1.75 bits per heavy atom. The van der Waals surface area contributed by atoms with Crippen molar-refractivity contribution in [1.29, 1.82) is 0 Å². The Labute approximate surface area is 145 Å². The van der Waals surface area contributed by atoms with Gasteiger partial charge in [0.05, 0.1) is 16.6 Å². The summed E-state index contributed by atoms with van der Waals surface area (Å²) in [6.45, 7) is 7.74. The van der Waals surface area contributed by atoms with Gasteiger partial charge >= 0.3 is 0 Å². The van der Waals surface area contributed by atoms with Crippen molar-refractivity contribution in [3.63, 3.8) is 0 Å². The van der Waals surface area contributed by atoms with Gasteiger partial charge < -0.3 is 14.2 Å². The Morgan fingerprint density at radius 1 is 1.21 bits per heavy atom. The highest BCUT2D eigenvalue weighted by Crippen LogP contribution is 2.28. The Hall–Kier alpha value is -1.44. The van der Waals surface area contributed by atoms with E-state index in [1.807, 2.05) is 20.8 Å². The quantitative estimate of drug-likeness (QED) is 0.726. The number of carbonyl (C=O) groups is 1. The van der Waals surface area contributed by atoms with E-state index in [0.29, 0.717) is 17.6 Å². The van der Waals surface area contributed by atoms with E-state index in [1.54, 1.807) is 20.1 Å². The van der Waals surface area contributed by atoms with E-state index in [-0.39, 0.29) is 23.2 Å². The van der Waals surface area contributed by atoms with Crippen molar-refractivity contribution >= 4 is 16.1 Å². The number of hydrogen-bond donors (Lipinski definition) is 0. The summed E-state index contributed by atoms with van der Waals surface area (Å²) in [5, 5.41) is 0. The first-order chi connectivity index (χ1) is 11.0. The van der Waals surface area contributed by atoms with Crippen molar-refractivity contribution < 1.29 is 27.4 Å². The molecular formula is C17H28O6S. The van der Waals surface area contributed by atoms with Gasteiger partial charge in [0, 0.05) is 26.0 Å². The number of ether oxygens (including phenoxy) is 3. The number of carbonyl (C=O) groups excluding carboxylic acids is 1. The first-order valence-electron chi connectivity index (χ1n) is 7.44. The fourth-order valence-electron chi connectivity index (χ4n) is 1.53. The lowest BCUT2D eigenvalue weighted by Gasteiger charge is -2.15. The van der Waals surface area contributed by atoms with Crippen molar-refractivity contribution in [2.45, 2.75) is 44.3 Å². The van der Waals surface area contributed by atoms with Crippen LogP contribution >= 0.6 is 0 Å². The lowest BCUT2D eigenvalue weighted by atomic mass is 10.1. The second kappa shape index (κ2) is 9.76. The zero-order valence-electron chi connectivity index (χ0n) is 15.5. The third-order valence-electron chi connectivity index (χ3n) is 3.10. The summed E-state index contributed by atoms with van der Waals surface area (Å²) in [7, 11) is -0.127. The van der Waals surface area contributed by atoms with Crippen LogP contribution in [0, 0.1) is 0 Å². The monoisotopic (exact) mass is 360 g/mol. The molecule has 1 aromatic carbocycles. The van der Waals surface area contributed by atoms with Gasteiger partial charge in [0.25, 0.3) is 0 Å². The summed E-state index contributed by atoms with van der Waals surface area (Å²) in [4.78, 5) is 10.4. The first-order valence-corrected chi connectivity index (χ1v) is 9.33. The van der Waals surface area contributed by atoms with Gasteiger partial charge in [-0.25, -0.2) is 8.42 Å². The van der Waals surface area contributed by atoms with Gasteiger partial charge in [-0.15, -0.1) is 0 Å². The topological polar surface area (TPSA) is 78.9 Å². The maximum absolute atomic E-state index is 11.6. The van der Waals surface area contributed by atoms with Crippen molar-refractivity contribution in [2.24, 2.45) is 0 Å². The molecular weight excluding hydrogens is 332 g/mol. The largest absolute Gasteiger partial charge is 0.486 e. The Kier molecular flexibility index (Phi) is 9.17. The van der Waals surface area contributed by atoms with Gasteiger partial charge in [-0.1, -0.05) is 0 Å². The van der Waals surface area contributed by atoms with Crippen LogP contribution in [0.1, 0.15) is 39.4 Å². The molecule has 0 bridgehead atoms. The molecule has 24 heavy (non-hydrogen) atoms. The van der Waals surface area contributed by atoms with Gasteiger partial charge in [-0.2, -0.15) is 0 Å². The van der Waals surface area contributed by atoms with Crippen LogP contribution in [0.15, 0.2) is 23.1 Å². The maximum atomic E-state index is 11.6. The number of hydrogen-bond acceptors (Lipinski definition) is 6. The van der Waals surface area contributed by atoms with E-state index < -0.39 is 9.84 Å². The second-order valence-electron chi connectivity index (χ2n) is 6.14. The highest BCUT2D eigenvalue weighted by atomic mass is 32.2. The van der Waals surface area contributed by atoms with Gasteiger partial charge in [0.1, 0.15) is 12.4 Å². The van der Waals surface area contributed by atoms with E-state index >= 15 is 0 Å². The molecule has 0 N–H and O–H groups in total. The summed E-state index contributed by atoms with van der Waals surface area (Å²) in [6.07, 6.45) is 1.39. The van der Waals surface area contributed by atoms with Gasteiger partial charge in [-0.05, 0) is 45.9 Å². The molecule has 0 radical (unpaired) electrons. The van der Waals surface area contributed by atoms with Crippen LogP contribution in [-0.2, 0) is 24.1 Å². The molecule has 0 aliphatic rings. The summed E-state index contributed by atoms with van der Waals surface area (Å²) < 4.78 is 38.5. The molecule has 1 aromatic rings. The third kappa shape index (κ3) is 8.42. The number of benzene rings is 1.